The summed E-state index contributed by atoms with van der Waals surface area (Å²) in [5.41, 5.74) is 8.09. The van der Waals surface area contributed by atoms with Crippen molar-refractivity contribution in [1.29, 1.82) is 0 Å². The zero-order chi connectivity index (χ0) is 24.1. The van der Waals surface area contributed by atoms with Gasteiger partial charge in [-0.2, -0.15) is 0 Å². The minimum Gasteiger partial charge on any atom is -0.493 e. The van der Waals surface area contributed by atoms with Gasteiger partial charge in [-0.25, -0.2) is 0 Å². The van der Waals surface area contributed by atoms with E-state index in [1.165, 1.54) is 21.3 Å². The third-order valence-electron chi connectivity index (χ3n) is 5.54. The highest BCUT2D eigenvalue weighted by atomic mass is 16.5. The summed E-state index contributed by atoms with van der Waals surface area (Å²) < 4.78 is 21.7. The molecule has 1 atom stereocenters. The molecular weight excluding hydrogens is 422 g/mol. The summed E-state index contributed by atoms with van der Waals surface area (Å²) in [5, 5.41) is 0. The van der Waals surface area contributed by atoms with Gasteiger partial charge in [-0.05, 0) is 41.8 Å². The lowest BCUT2D eigenvalue weighted by molar-refractivity contribution is -0.120. The molecule has 0 bridgehead atoms. The molecule has 1 unspecified atom stereocenters. The van der Waals surface area contributed by atoms with Crippen LogP contribution in [0.15, 0.2) is 53.1 Å². The number of ether oxygens (including phenoxy) is 3. The van der Waals surface area contributed by atoms with E-state index in [-0.39, 0.29) is 23.9 Å². The van der Waals surface area contributed by atoms with Crippen molar-refractivity contribution in [2.45, 2.75) is 26.3 Å². The van der Waals surface area contributed by atoms with Gasteiger partial charge in [0.1, 0.15) is 5.76 Å². The molecule has 7 nitrogen and oxygen atoms in total. The van der Waals surface area contributed by atoms with E-state index in [2.05, 4.69) is 0 Å². The molecule has 0 aliphatic rings. The molecule has 7 heteroatoms. The summed E-state index contributed by atoms with van der Waals surface area (Å²) in [6, 6.07) is 11.5. The van der Waals surface area contributed by atoms with Crippen molar-refractivity contribution in [2.75, 3.05) is 21.3 Å². The molecule has 0 aliphatic carbocycles. The predicted molar refractivity (Wildman–Crippen MR) is 125 cm³/mol. The van der Waals surface area contributed by atoms with Gasteiger partial charge >= 0.3 is 0 Å². The smallest absolute Gasteiger partial charge is 0.203 e. The van der Waals surface area contributed by atoms with Crippen LogP contribution in [0.3, 0.4) is 0 Å². The van der Waals surface area contributed by atoms with E-state index >= 15 is 0 Å². The maximum atomic E-state index is 13.7. The summed E-state index contributed by atoms with van der Waals surface area (Å²) in [4.78, 5) is 26.4. The van der Waals surface area contributed by atoms with Gasteiger partial charge in [-0.1, -0.05) is 26.0 Å². The largest absolute Gasteiger partial charge is 0.493 e. The number of furan rings is 1. The van der Waals surface area contributed by atoms with E-state index in [0.29, 0.717) is 39.7 Å². The zero-order valence-electron chi connectivity index (χ0n) is 19.5. The second kappa shape index (κ2) is 10.4. The number of hydrogen-bond donors (Lipinski definition) is 1. The molecule has 3 rings (SSSR count). The number of Topliss-reactive ketones (excluding diaryl/α,β-unsaturated/α-hetero) is 1. The number of carbonyl (C=O) groups excluding carboxylic acids is 2. The molecule has 0 saturated heterocycles. The second-order valence-corrected chi connectivity index (χ2v) is 8.01. The quantitative estimate of drug-likeness (QED) is 0.459. The number of rotatable bonds is 10. The number of nitrogens with two attached hydrogens (primary N) is 1. The van der Waals surface area contributed by atoms with E-state index in [1.54, 1.807) is 36.6 Å². The van der Waals surface area contributed by atoms with E-state index in [4.69, 9.17) is 24.4 Å². The first-order valence-corrected chi connectivity index (χ1v) is 10.6. The molecule has 0 saturated carbocycles. The van der Waals surface area contributed by atoms with Crippen LogP contribution in [0.25, 0.3) is 11.3 Å². The Morgan fingerprint density at radius 1 is 0.970 bits per heavy atom. The molecule has 0 spiro atoms. The van der Waals surface area contributed by atoms with Gasteiger partial charge in [0.05, 0.1) is 33.6 Å². The first-order valence-electron chi connectivity index (χ1n) is 10.6. The van der Waals surface area contributed by atoms with Gasteiger partial charge in [0.2, 0.25) is 5.75 Å². The Hall–Kier alpha value is -3.58. The van der Waals surface area contributed by atoms with Crippen LogP contribution in [0.2, 0.25) is 0 Å². The van der Waals surface area contributed by atoms with Crippen molar-refractivity contribution in [2.24, 2.45) is 11.7 Å². The topological polar surface area (TPSA) is 101 Å². The van der Waals surface area contributed by atoms with Crippen LogP contribution in [0.5, 0.6) is 17.2 Å². The lowest BCUT2D eigenvalue weighted by atomic mass is 9.90. The van der Waals surface area contributed by atoms with Crippen molar-refractivity contribution in [3.05, 3.63) is 65.4 Å². The zero-order valence-corrected chi connectivity index (χ0v) is 19.5. The van der Waals surface area contributed by atoms with E-state index in [0.717, 1.165) is 5.56 Å². The first kappa shape index (κ1) is 24.1. The summed E-state index contributed by atoms with van der Waals surface area (Å²) in [7, 11) is 4.47. The number of carbonyl (C=O) groups is 2. The Labute approximate surface area is 193 Å². The molecule has 0 aliphatic heterocycles. The molecular formula is C26H29NO6. The Kier molecular flexibility index (Phi) is 7.55. The second-order valence-electron chi connectivity index (χ2n) is 8.01. The molecule has 1 aromatic heterocycles. The van der Waals surface area contributed by atoms with Crippen LogP contribution < -0.4 is 19.9 Å². The molecule has 1 heterocycles. The summed E-state index contributed by atoms with van der Waals surface area (Å²) in [5.74, 6) is 1.31. The summed E-state index contributed by atoms with van der Waals surface area (Å²) in [6.45, 7) is 3.79. The molecule has 174 valence electrons. The highest BCUT2D eigenvalue weighted by Crippen LogP contribution is 2.39. The standard InChI is InChI=1S/C26H29NO6/c1-15(2)24(27)20(28)12-16-8-9-17(21-7-6-10-33-21)11-19(16)25(29)18-13-22(30-3)26(32-5)23(14-18)31-4/h6-11,13-15,24H,12,27H2,1-5H3. The SMILES string of the molecule is COc1cc(C(=O)c2cc(-c3ccco3)ccc2CC(=O)C(N)C(C)C)cc(OC)c1OC. The van der Waals surface area contributed by atoms with Crippen molar-refractivity contribution >= 4 is 11.6 Å². The van der Waals surface area contributed by atoms with E-state index in [9.17, 15) is 9.59 Å². The normalized spacial score (nSPS) is 11.8. The predicted octanol–water partition coefficient (Wildman–Crippen LogP) is 4.30. The van der Waals surface area contributed by atoms with Gasteiger partial charge in [0.15, 0.2) is 23.1 Å². The van der Waals surface area contributed by atoms with Crippen LogP contribution >= 0.6 is 0 Å². The highest BCUT2D eigenvalue weighted by molar-refractivity contribution is 6.11. The minimum absolute atomic E-state index is 0.00541. The lowest BCUT2D eigenvalue weighted by Gasteiger charge is -2.17. The van der Waals surface area contributed by atoms with E-state index in [1.807, 2.05) is 26.0 Å². The van der Waals surface area contributed by atoms with Crippen molar-refractivity contribution in [3.63, 3.8) is 0 Å². The van der Waals surface area contributed by atoms with Crippen molar-refractivity contribution in [1.82, 2.24) is 0 Å². The molecule has 0 radical (unpaired) electrons. The number of hydrogen-bond acceptors (Lipinski definition) is 7. The van der Waals surface area contributed by atoms with Gasteiger partial charge < -0.3 is 24.4 Å². The third kappa shape index (κ3) is 5.09. The van der Waals surface area contributed by atoms with Crippen LogP contribution in [-0.4, -0.2) is 38.9 Å². The molecule has 0 amide bonds. The van der Waals surface area contributed by atoms with Gasteiger partial charge in [-0.15, -0.1) is 0 Å². The Balaban J connectivity index is 2.11. The van der Waals surface area contributed by atoms with Crippen LogP contribution in [0, 0.1) is 5.92 Å². The Morgan fingerprint density at radius 2 is 1.64 bits per heavy atom. The Bertz CT molecular complexity index is 1110. The van der Waals surface area contributed by atoms with Crippen LogP contribution in [0.1, 0.15) is 35.3 Å². The lowest BCUT2D eigenvalue weighted by Crippen LogP contribution is -2.36. The fourth-order valence-corrected chi connectivity index (χ4v) is 3.58. The van der Waals surface area contributed by atoms with Crippen molar-refractivity contribution < 1.29 is 28.2 Å². The molecule has 2 N–H and O–H groups in total. The fourth-order valence-electron chi connectivity index (χ4n) is 3.58. The summed E-state index contributed by atoms with van der Waals surface area (Å²) in [6.07, 6.45) is 1.61. The number of methoxy groups -OCH3 is 3. The van der Waals surface area contributed by atoms with Crippen LogP contribution in [-0.2, 0) is 11.2 Å². The van der Waals surface area contributed by atoms with Gasteiger partial charge in [-0.3, -0.25) is 9.59 Å². The van der Waals surface area contributed by atoms with Gasteiger partial charge in [0.25, 0.3) is 0 Å². The van der Waals surface area contributed by atoms with Crippen LogP contribution in [0.4, 0.5) is 0 Å². The first-order chi connectivity index (χ1) is 15.8. The summed E-state index contributed by atoms with van der Waals surface area (Å²) >= 11 is 0. The fraction of sp³-hybridized carbons (Fsp3) is 0.308. The minimum atomic E-state index is -0.612. The Morgan fingerprint density at radius 3 is 2.15 bits per heavy atom. The average Bonchev–Trinajstić information content (AvgIpc) is 3.37. The molecule has 0 fully saturated rings. The number of ketones is 2. The van der Waals surface area contributed by atoms with Crippen molar-refractivity contribution in [3.8, 4) is 28.6 Å². The number of benzene rings is 2. The molecule has 2 aromatic carbocycles. The third-order valence-corrected chi connectivity index (χ3v) is 5.54. The van der Waals surface area contributed by atoms with E-state index < -0.39 is 6.04 Å². The molecule has 33 heavy (non-hydrogen) atoms. The monoisotopic (exact) mass is 451 g/mol. The maximum absolute atomic E-state index is 13.7. The van der Waals surface area contributed by atoms with Gasteiger partial charge in [0, 0.05) is 23.1 Å². The maximum Gasteiger partial charge on any atom is 0.203 e. The molecule has 3 aromatic rings. The average molecular weight is 452 g/mol. The highest BCUT2D eigenvalue weighted by Gasteiger charge is 2.24.